The Balaban J connectivity index is 1.16. The molecule has 9 saturated heterocycles. The first-order valence-electron chi connectivity index (χ1n) is 24.1. The molecule has 0 radical (unpaired) electrons. The summed E-state index contributed by atoms with van der Waals surface area (Å²) in [4.78, 5) is 70.5. The van der Waals surface area contributed by atoms with E-state index < -0.39 is 73.4 Å². The molecule has 340 valence electrons. The normalized spacial score (nSPS) is 40.5. The Bertz CT molecular complexity index is 3140. The summed E-state index contributed by atoms with van der Waals surface area (Å²) in [5, 5.41) is 33.8. The topological polar surface area (TPSA) is 160 Å². The maximum atomic E-state index is 16.8. The summed E-state index contributed by atoms with van der Waals surface area (Å²) in [6.45, 7) is 17.0. The van der Waals surface area contributed by atoms with Crippen molar-refractivity contribution in [2.75, 3.05) is 13.1 Å². The minimum Gasteiger partial charge on any atom is -0.618 e. The van der Waals surface area contributed by atoms with Gasteiger partial charge in [-0.2, -0.15) is 9.47 Å². The molecule has 3 aromatic rings. The highest BCUT2D eigenvalue weighted by atomic mass is 16.5. The Morgan fingerprint density at radius 3 is 2.09 bits per heavy atom. The molecule has 2 aromatic carbocycles. The molecule has 13 heterocycles. The molecule has 2 N–H and O–H groups in total. The number of hydrogen-bond donors (Lipinski definition) is 2. The first-order chi connectivity index (χ1) is 31.1. The van der Waals surface area contributed by atoms with E-state index >= 15 is 24.4 Å². The minimum absolute atomic E-state index is 0.176. The average molecular weight is 891 g/mol. The fraction of sp³-hybridized carbons (Fsp3) is 0.558. The Morgan fingerprint density at radius 2 is 1.38 bits per heavy atom. The van der Waals surface area contributed by atoms with Crippen LogP contribution in [-0.2, 0) is 30.0 Å². The molecule has 1 aromatic heterocycles. The van der Waals surface area contributed by atoms with Crippen molar-refractivity contribution in [3.63, 3.8) is 0 Å². The van der Waals surface area contributed by atoms with E-state index in [1.807, 2.05) is 86.1 Å². The van der Waals surface area contributed by atoms with E-state index in [0.29, 0.717) is 113 Å². The van der Waals surface area contributed by atoms with Gasteiger partial charge in [0.05, 0.1) is 28.2 Å². The molecule has 4 bridgehead atoms. The second kappa shape index (κ2) is 10.4. The van der Waals surface area contributed by atoms with Crippen molar-refractivity contribution in [3.05, 3.63) is 69.6 Å². The number of carbonyl (C=O) groups is 4. The third-order valence-corrected chi connectivity index (χ3v) is 20.0. The van der Waals surface area contributed by atoms with Gasteiger partial charge in [-0.15, -0.1) is 0 Å². The molecule has 17 rings (SSSR count). The lowest BCUT2D eigenvalue weighted by molar-refractivity contribution is -0.367. The summed E-state index contributed by atoms with van der Waals surface area (Å²) in [5.74, 6) is -1.92. The van der Waals surface area contributed by atoms with Gasteiger partial charge in [-0.3, -0.25) is 19.2 Å². The number of aromatic nitrogens is 1. The molecule has 1 saturated carbocycles. The fourth-order valence-electron chi connectivity index (χ4n) is 18.0. The van der Waals surface area contributed by atoms with E-state index in [1.54, 1.807) is 4.90 Å². The van der Waals surface area contributed by atoms with E-state index in [-0.39, 0.29) is 23.6 Å². The Morgan fingerprint density at radius 1 is 0.758 bits per heavy atom. The second-order valence-electron chi connectivity index (χ2n) is 24.2. The quantitative estimate of drug-likeness (QED) is 0.163. The summed E-state index contributed by atoms with van der Waals surface area (Å²) in [5.41, 5.74) is -6.07. The number of carbonyl (C=O) groups excluding carboxylic acids is 4. The van der Waals surface area contributed by atoms with Gasteiger partial charge in [0.2, 0.25) is 23.4 Å². The van der Waals surface area contributed by atoms with E-state index in [4.69, 9.17) is 9.47 Å². The largest absolute Gasteiger partial charge is 0.618 e. The van der Waals surface area contributed by atoms with Crippen LogP contribution >= 0.6 is 0 Å². The number of ether oxygens (including phenoxy) is 2. The van der Waals surface area contributed by atoms with Gasteiger partial charge in [0.1, 0.15) is 50.3 Å². The van der Waals surface area contributed by atoms with Crippen molar-refractivity contribution < 1.29 is 38.6 Å². The van der Waals surface area contributed by atoms with E-state index in [0.717, 1.165) is 4.74 Å². The maximum absolute atomic E-state index is 16.8. The van der Waals surface area contributed by atoms with E-state index in [1.165, 1.54) is 4.73 Å². The van der Waals surface area contributed by atoms with E-state index in [2.05, 4.69) is 33.0 Å². The summed E-state index contributed by atoms with van der Waals surface area (Å²) >= 11 is 0. The molecule has 10 fully saturated rings. The van der Waals surface area contributed by atoms with Crippen molar-refractivity contribution in [1.29, 1.82) is 0 Å². The molecule has 5 spiro atoms. The molecule has 66 heavy (non-hydrogen) atoms. The van der Waals surface area contributed by atoms with Crippen LogP contribution in [0.5, 0.6) is 11.5 Å². The predicted molar refractivity (Wildman–Crippen MR) is 240 cm³/mol. The summed E-state index contributed by atoms with van der Waals surface area (Å²) in [6, 6.07) is 6.54. The summed E-state index contributed by atoms with van der Waals surface area (Å²) in [6.07, 6.45) is 10.8. The third kappa shape index (κ3) is 3.39. The number of hydrogen-bond acceptors (Lipinski definition) is 8. The zero-order chi connectivity index (χ0) is 45.8. The lowest BCUT2D eigenvalue weighted by atomic mass is 9.39. The van der Waals surface area contributed by atoms with Crippen LogP contribution in [0.3, 0.4) is 0 Å². The van der Waals surface area contributed by atoms with Gasteiger partial charge in [0, 0.05) is 52.8 Å². The molecule has 9 unspecified atom stereocenters. The van der Waals surface area contributed by atoms with Crippen molar-refractivity contribution in [3.8, 4) is 11.5 Å². The van der Waals surface area contributed by atoms with Crippen LogP contribution < -0.4 is 14.8 Å². The highest BCUT2D eigenvalue weighted by molar-refractivity contribution is 6.18. The van der Waals surface area contributed by atoms with Gasteiger partial charge in [-0.1, -0.05) is 13.8 Å². The highest BCUT2D eigenvalue weighted by Gasteiger charge is 2.95. The van der Waals surface area contributed by atoms with Crippen LogP contribution in [0, 0.1) is 22.5 Å². The van der Waals surface area contributed by atoms with Crippen molar-refractivity contribution in [2.45, 2.75) is 150 Å². The molecule has 14 heteroatoms. The number of benzene rings is 2. The molecule has 4 amide bonds. The van der Waals surface area contributed by atoms with Crippen molar-refractivity contribution >= 4 is 58.1 Å². The number of amides is 4. The molecular weight excluding hydrogens is 837 g/mol. The predicted octanol–water partition coefficient (Wildman–Crippen LogP) is 5.79. The zero-order valence-corrected chi connectivity index (χ0v) is 38.6. The van der Waals surface area contributed by atoms with Gasteiger partial charge < -0.3 is 39.9 Å². The maximum Gasteiger partial charge on any atom is 0.251 e. The van der Waals surface area contributed by atoms with E-state index in [9.17, 15) is 5.21 Å². The van der Waals surface area contributed by atoms with Gasteiger partial charge in [-0.25, -0.2) is 0 Å². The second-order valence-corrected chi connectivity index (χ2v) is 24.2. The smallest absolute Gasteiger partial charge is 0.251 e. The van der Waals surface area contributed by atoms with Crippen molar-refractivity contribution in [2.24, 2.45) is 17.3 Å². The number of fused-ring (bicyclic) bond motifs is 10. The number of piperidine rings is 4. The number of piperazine rings is 2. The molecule has 14 aliphatic rings. The van der Waals surface area contributed by atoms with Crippen LogP contribution in [0.15, 0.2) is 36.4 Å². The van der Waals surface area contributed by atoms with Crippen molar-refractivity contribution in [1.82, 2.24) is 24.7 Å². The summed E-state index contributed by atoms with van der Waals surface area (Å²) in [7, 11) is 0. The lowest BCUT2D eigenvalue weighted by Gasteiger charge is -2.70. The van der Waals surface area contributed by atoms with Gasteiger partial charge in [0.15, 0.2) is 5.71 Å². The van der Waals surface area contributed by atoms with Crippen LogP contribution in [-0.4, -0.2) is 111 Å². The zero-order valence-electron chi connectivity index (χ0n) is 38.6. The summed E-state index contributed by atoms with van der Waals surface area (Å²) < 4.78 is 15.5. The van der Waals surface area contributed by atoms with Crippen LogP contribution in [0.4, 0.5) is 5.69 Å². The number of nitrogens with zero attached hydrogens (tertiary/aromatic N) is 5. The van der Waals surface area contributed by atoms with Crippen LogP contribution in [0.1, 0.15) is 128 Å². The Labute approximate surface area is 381 Å². The molecule has 14 nitrogen and oxygen atoms in total. The monoisotopic (exact) mass is 890 g/mol. The standard InChI is InChI=1S/C52H54N6O8/c1-44(2)19-15-25-29(65-44)13-11-27-33-36-50-28-12-14-30-26(16-20-45(3,4)66-30)35(28)58(64)38(50)47(7,8)31-23-48-17-9-21-54(48)42(61)51(31,53-40(48)59)39(50)56-41(60)49-18-10-22-55(49)43(62)52(36,56)32(24-49)46(5,6)37(33)57(63)34(25)27/h11-16,19-20,31-32,36,39,63H,9-10,17-18,21-24H2,1-8H3,(H,53,59). The highest BCUT2D eigenvalue weighted by Crippen LogP contribution is 2.81. The minimum atomic E-state index is -1.73. The van der Waals surface area contributed by atoms with Gasteiger partial charge in [0.25, 0.3) is 5.91 Å². The number of nitrogens with one attached hydrogen (secondary N) is 1. The third-order valence-electron chi connectivity index (χ3n) is 20.0. The lowest BCUT2D eigenvalue weighted by Crippen LogP contribution is -2.93. The van der Waals surface area contributed by atoms with Gasteiger partial charge in [-0.05, 0) is 134 Å². The first-order valence-corrected chi connectivity index (χ1v) is 24.1. The molecule has 9 atom stereocenters. The molecular formula is C52H54N6O8. The number of rotatable bonds is 0. The first kappa shape index (κ1) is 38.3. The van der Waals surface area contributed by atoms with Crippen LogP contribution in [0.25, 0.3) is 23.1 Å². The Hall–Kier alpha value is -5.79. The molecule has 2 aliphatic carbocycles. The van der Waals surface area contributed by atoms with Gasteiger partial charge >= 0.3 is 0 Å². The van der Waals surface area contributed by atoms with Crippen LogP contribution in [0.2, 0.25) is 0 Å². The molecule has 12 aliphatic heterocycles. The fourth-order valence-corrected chi connectivity index (χ4v) is 18.0. The Kier molecular flexibility index (Phi) is 6.01. The average Bonchev–Trinajstić information content (AvgIpc) is 4.05. The SMILES string of the molecule is CC1(C)C=Cc2c(ccc3c2[N+]([O-])=C2C(C)(C)C4CC56CCCN5C(=O)C4(NC6=O)C4N5C(=O)C67CCCN6C(=O)C56C(C7)C(C)(C)c5c(c7ccc8c(c7n5O)C=CC(C)(C)O8)C6C234)O1.